The summed E-state index contributed by atoms with van der Waals surface area (Å²) >= 11 is 0. The van der Waals surface area contributed by atoms with E-state index < -0.39 is 76.5 Å². The maximum Gasteiger partial charge on any atom is 0.427 e. The van der Waals surface area contributed by atoms with Gasteiger partial charge in [-0.1, -0.05) is 6.58 Å². The number of amides is 3. The lowest BCUT2D eigenvalue weighted by Crippen LogP contribution is -2.45. The fourth-order valence-electron chi connectivity index (χ4n) is 5.16. The molecule has 2 aromatic heterocycles. The number of fused-ring (bicyclic) bond motifs is 1. The Morgan fingerprint density at radius 1 is 0.784 bits per heavy atom. The van der Waals surface area contributed by atoms with Crippen LogP contribution in [-0.4, -0.2) is 91.7 Å². The molecule has 4 atom stereocenters. The summed E-state index contributed by atoms with van der Waals surface area (Å²) in [4.78, 5) is 55.9. The maximum absolute atomic E-state index is 16.9. The number of imide groups is 1. The number of ether oxygens (including phenoxy) is 5. The third-order valence-corrected chi connectivity index (χ3v) is 7.08. The molecule has 15 heteroatoms. The molecule has 0 aliphatic heterocycles. The van der Waals surface area contributed by atoms with Gasteiger partial charge in [0.2, 0.25) is 5.95 Å². The SMILES string of the molecule is C=C1[C@@H](n2cnc3c(N(C)C(=O)OC(C)(C)C)nc(N(C(=O)OC(C)(C)C)C(=O)OC(C)(C)C)nc32)[C@@H](F)C(OC(C)(C)C)[C@H]1COC(C)(C)C. The molecule has 0 radical (unpaired) electrons. The Morgan fingerprint density at radius 2 is 1.27 bits per heavy atom. The van der Waals surface area contributed by atoms with Gasteiger partial charge in [-0.05, 0) is 109 Å². The number of hydrogen-bond donors (Lipinski definition) is 0. The highest BCUT2D eigenvalue weighted by Gasteiger charge is 2.51. The molecular weight excluding hydrogens is 663 g/mol. The molecule has 1 saturated carbocycles. The Labute approximate surface area is 301 Å². The summed E-state index contributed by atoms with van der Waals surface area (Å²) in [6, 6.07) is -1.07. The first kappa shape index (κ1) is 41.6. The summed E-state index contributed by atoms with van der Waals surface area (Å²) in [6.07, 6.45) is -4.34. The lowest BCUT2D eigenvalue weighted by molar-refractivity contribution is -0.118. The quantitative estimate of drug-likeness (QED) is 0.212. The van der Waals surface area contributed by atoms with E-state index in [1.54, 1.807) is 62.3 Å². The van der Waals surface area contributed by atoms with Gasteiger partial charge in [-0.15, -0.1) is 4.90 Å². The van der Waals surface area contributed by atoms with Crippen LogP contribution in [0.4, 0.5) is 30.5 Å². The van der Waals surface area contributed by atoms with E-state index in [0.29, 0.717) is 10.5 Å². The van der Waals surface area contributed by atoms with Gasteiger partial charge in [0, 0.05) is 13.0 Å². The van der Waals surface area contributed by atoms with Gasteiger partial charge in [0.1, 0.15) is 22.9 Å². The first-order valence-corrected chi connectivity index (χ1v) is 17.0. The zero-order valence-corrected chi connectivity index (χ0v) is 33.1. The lowest BCUT2D eigenvalue weighted by atomic mass is 10.0. The molecule has 2 heterocycles. The Balaban J connectivity index is 2.34. The molecule has 1 unspecified atom stereocenters. The van der Waals surface area contributed by atoms with E-state index in [-0.39, 0.29) is 23.6 Å². The van der Waals surface area contributed by atoms with Crippen LogP contribution in [0.5, 0.6) is 0 Å². The number of imidazole rings is 1. The number of carbonyl (C=O) groups is 3. The van der Waals surface area contributed by atoms with Gasteiger partial charge >= 0.3 is 18.3 Å². The summed E-state index contributed by atoms with van der Waals surface area (Å²) in [5.74, 6) is -1.20. The highest BCUT2D eigenvalue weighted by molar-refractivity contribution is 6.09. The molecule has 3 amide bonds. The Bertz CT molecular complexity index is 1600. The number of alkyl halides is 1. The van der Waals surface area contributed by atoms with Crippen LogP contribution in [0.25, 0.3) is 11.2 Å². The predicted octanol–water partition coefficient (Wildman–Crippen LogP) is 7.94. The van der Waals surface area contributed by atoms with Crippen LogP contribution >= 0.6 is 0 Å². The molecule has 3 rings (SSSR count). The molecule has 2 aromatic rings. The summed E-state index contributed by atoms with van der Waals surface area (Å²) in [5, 5.41) is 0. The number of halogens is 1. The maximum atomic E-state index is 16.9. The normalized spacial score (nSPS) is 20.4. The van der Waals surface area contributed by atoms with Crippen LogP contribution < -0.4 is 9.80 Å². The van der Waals surface area contributed by atoms with E-state index in [1.165, 1.54) is 17.9 Å². The van der Waals surface area contributed by atoms with E-state index in [0.717, 1.165) is 4.90 Å². The number of rotatable bonds is 6. The summed E-state index contributed by atoms with van der Waals surface area (Å²) in [7, 11) is 1.39. The molecule has 51 heavy (non-hydrogen) atoms. The first-order chi connectivity index (χ1) is 22.9. The van der Waals surface area contributed by atoms with Gasteiger partial charge in [0.15, 0.2) is 23.2 Å². The zero-order valence-electron chi connectivity index (χ0n) is 33.1. The predicted molar refractivity (Wildman–Crippen MR) is 192 cm³/mol. The van der Waals surface area contributed by atoms with Crippen molar-refractivity contribution in [2.24, 2.45) is 5.92 Å². The molecule has 0 spiro atoms. The summed E-state index contributed by atoms with van der Waals surface area (Å²) in [5.41, 5.74) is -3.67. The number of hydrogen-bond acceptors (Lipinski definition) is 11. The molecule has 14 nitrogen and oxygen atoms in total. The molecule has 0 bridgehead atoms. The molecule has 1 aliphatic rings. The standard InChI is InChI=1S/C36H57FN6O8/c1-20-21(18-47-32(2,3)4)25(48-33(5,6)7)22(37)24(20)42-19-38-23-26(41(17)29(44)49-34(8,9)10)39-28(40-27(23)42)43(30(45)50-35(11,12)13)31(46)51-36(14,15)16/h19,21-22,24-25H,1,18H2,2-17H3/t21-,22+,24+,25?/m0/s1. The topological polar surface area (TPSA) is 147 Å². The van der Waals surface area contributed by atoms with E-state index in [9.17, 15) is 14.4 Å². The molecule has 0 N–H and O–H groups in total. The minimum Gasteiger partial charge on any atom is -0.443 e. The minimum absolute atomic E-state index is 0.0109. The second-order valence-corrected chi connectivity index (χ2v) is 17.7. The molecule has 0 saturated heterocycles. The second kappa shape index (κ2) is 14.3. The van der Waals surface area contributed by atoms with Gasteiger partial charge in [0.05, 0.1) is 30.2 Å². The van der Waals surface area contributed by atoms with Crippen molar-refractivity contribution in [1.82, 2.24) is 19.5 Å². The number of carbonyl (C=O) groups excluding carboxylic acids is 3. The Kier molecular flexibility index (Phi) is 11.6. The third kappa shape index (κ3) is 10.8. The van der Waals surface area contributed by atoms with E-state index in [4.69, 9.17) is 23.7 Å². The molecule has 0 aromatic carbocycles. The minimum atomic E-state index is -1.65. The fourth-order valence-corrected chi connectivity index (χ4v) is 5.16. The van der Waals surface area contributed by atoms with Crippen LogP contribution in [0.15, 0.2) is 18.5 Å². The monoisotopic (exact) mass is 720 g/mol. The lowest BCUT2D eigenvalue weighted by Gasteiger charge is -2.31. The van der Waals surface area contributed by atoms with Crippen molar-refractivity contribution in [2.45, 2.75) is 150 Å². The van der Waals surface area contributed by atoms with Crippen molar-refractivity contribution >= 4 is 41.2 Å². The van der Waals surface area contributed by atoms with Crippen molar-refractivity contribution in [3.63, 3.8) is 0 Å². The first-order valence-electron chi connectivity index (χ1n) is 17.0. The zero-order chi connectivity index (χ0) is 39.2. The van der Waals surface area contributed by atoms with Crippen LogP contribution in [0.2, 0.25) is 0 Å². The largest absolute Gasteiger partial charge is 0.443 e. The van der Waals surface area contributed by atoms with Crippen molar-refractivity contribution in [3.8, 4) is 0 Å². The van der Waals surface area contributed by atoms with Crippen LogP contribution in [0.1, 0.15) is 110 Å². The van der Waals surface area contributed by atoms with Gasteiger partial charge in [-0.3, -0.25) is 4.90 Å². The molecule has 1 aliphatic carbocycles. The van der Waals surface area contributed by atoms with Crippen LogP contribution in [0, 0.1) is 5.92 Å². The number of anilines is 2. The van der Waals surface area contributed by atoms with Crippen LogP contribution in [-0.2, 0) is 23.7 Å². The van der Waals surface area contributed by atoms with Gasteiger partial charge in [0.25, 0.3) is 0 Å². The van der Waals surface area contributed by atoms with Crippen molar-refractivity contribution in [3.05, 3.63) is 18.5 Å². The Hall–Kier alpha value is -3.85. The van der Waals surface area contributed by atoms with Crippen molar-refractivity contribution < 1.29 is 42.5 Å². The second-order valence-electron chi connectivity index (χ2n) is 17.7. The van der Waals surface area contributed by atoms with E-state index in [1.807, 2.05) is 41.5 Å². The summed E-state index contributed by atoms with van der Waals surface area (Å²) in [6.45, 7) is 30.5. The highest BCUT2D eigenvalue weighted by atomic mass is 19.1. The van der Waals surface area contributed by atoms with E-state index in [2.05, 4.69) is 21.5 Å². The molecule has 286 valence electrons. The fraction of sp³-hybridized carbons (Fsp3) is 0.722. The van der Waals surface area contributed by atoms with Crippen molar-refractivity contribution in [2.75, 3.05) is 23.5 Å². The highest BCUT2D eigenvalue weighted by Crippen LogP contribution is 2.46. The summed E-state index contributed by atoms with van der Waals surface area (Å²) < 4.78 is 47.4. The van der Waals surface area contributed by atoms with Gasteiger partial charge < -0.3 is 28.3 Å². The average Bonchev–Trinajstić information content (AvgIpc) is 3.40. The van der Waals surface area contributed by atoms with Crippen molar-refractivity contribution in [1.29, 1.82) is 0 Å². The average molecular weight is 721 g/mol. The smallest absolute Gasteiger partial charge is 0.427 e. The van der Waals surface area contributed by atoms with Gasteiger partial charge in [-0.2, -0.15) is 9.97 Å². The molecule has 1 fully saturated rings. The number of aromatic nitrogens is 4. The van der Waals surface area contributed by atoms with Crippen LogP contribution in [0.3, 0.4) is 0 Å². The third-order valence-electron chi connectivity index (χ3n) is 7.08. The number of nitrogens with zero attached hydrogens (tertiary/aromatic N) is 6. The molecular formula is C36H57FN6O8. The Morgan fingerprint density at radius 3 is 1.73 bits per heavy atom. The van der Waals surface area contributed by atoms with Gasteiger partial charge in [-0.25, -0.2) is 23.8 Å². The van der Waals surface area contributed by atoms with E-state index >= 15 is 4.39 Å².